The Morgan fingerprint density at radius 2 is 1.93 bits per heavy atom. The molecule has 0 amide bonds. The van der Waals surface area contributed by atoms with Crippen LogP contribution in [-0.4, -0.2) is 11.8 Å². The largest absolute Gasteiger partial charge is 1.00 e. The second kappa shape index (κ2) is 11.8. The molecule has 0 aromatic heterocycles. The van der Waals surface area contributed by atoms with Gasteiger partial charge in [0.15, 0.2) is 0 Å². The van der Waals surface area contributed by atoms with Crippen molar-refractivity contribution in [2.24, 2.45) is 5.92 Å². The fraction of sp³-hybridized carbons (Fsp3) is 0.900. The quantitative estimate of drug-likeness (QED) is 0.302. The minimum atomic E-state index is -0.896. The maximum atomic E-state index is 10.6. The summed E-state index contributed by atoms with van der Waals surface area (Å²) in [5.74, 6) is -0.475. The van der Waals surface area contributed by atoms with Gasteiger partial charge in [0.05, 0.1) is 0 Å². The fourth-order valence-corrected chi connectivity index (χ4v) is 1.58. The molecule has 78 valence electrons. The number of carbonyl (C=O) groups is 1. The fourth-order valence-electron chi connectivity index (χ4n) is 1.39. The first-order valence-electron chi connectivity index (χ1n) is 4.99. The van der Waals surface area contributed by atoms with Crippen LogP contribution in [0.1, 0.15) is 45.4 Å². The summed E-state index contributed by atoms with van der Waals surface area (Å²) in [6.45, 7) is 1.99. The van der Waals surface area contributed by atoms with E-state index in [1.54, 1.807) is 0 Å². The van der Waals surface area contributed by atoms with E-state index < -0.39 is 5.97 Å². The molecule has 2 nitrogen and oxygen atoms in total. The van der Waals surface area contributed by atoms with Gasteiger partial charge in [-0.25, -0.2) is 0 Å². The van der Waals surface area contributed by atoms with E-state index in [0.29, 0.717) is 5.88 Å². The van der Waals surface area contributed by atoms with Gasteiger partial charge in [-0.3, -0.25) is 0 Å². The first-order chi connectivity index (χ1) is 6.22. The molecule has 0 heterocycles. The van der Waals surface area contributed by atoms with Gasteiger partial charge in [0.1, 0.15) is 0 Å². The van der Waals surface area contributed by atoms with E-state index in [1.165, 1.54) is 0 Å². The number of carboxylic acids is 1. The molecule has 4 heteroatoms. The van der Waals surface area contributed by atoms with Gasteiger partial charge in [-0.2, -0.15) is 0 Å². The standard InChI is InChI=1S/C10H19ClO2.Na/c1-2-6-9(10(12)13)7-4-3-5-8-11;/h9H,2-8H2,1H3,(H,12,13);/q;+1/p-1. The van der Waals surface area contributed by atoms with Crippen molar-refractivity contribution in [3.05, 3.63) is 0 Å². The molecule has 0 aliphatic carbocycles. The smallest absolute Gasteiger partial charge is 0.550 e. The molecular formula is C10H18ClNaO2. The summed E-state index contributed by atoms with van der Waals surface area (Å²) in [4.78, 5) is 10.6. The molecule has 0 aliphatic heterocycles. The van der Waals surface area contributed by atoms with E-state index in [1.807, 2.05) is 6.92 Å². The summed E-state index contributed by atoms with van der Waals surface area (Å²) >= 11 is 5.51. The zero-order chi connectivity index (χ0) is 10.1. The number of alkyl halides is 1. The van der Waals surface area contributed by atoms with Gasteiger partial charge >= 0.3 is 29.6 Å². The van der Waals surface area contributed by atoms with Crippen molar-refractivity contribution in [2.75, 3.05) is 5.88 Å². The number of unbranched alkanes of at least 4 members (excludes halogenated alkanes) is 2. The van der Waals surface area contributed by atoms with Gasteiger partial charge in [0, 0.05) is 11.8 Å². The molecule has 1 atom stereocenters. The van der Waals surface area contributed by atoms with Crippen LogP contribution < -0.4 is 34.7 Å². The minimum absolute atomic E-state index is 0. The van der Waals surface area contributed by atoms with Crippen LogP contribution in [0.4, 0.5) is 0 Å². The van der Waals surface area contributed by atoms with Crippen molar-refractivity contribution < 1.29 is 39.5 Å². The summed E-state index contributed by atoms with van der Waals surface area (Å²) in [7, 11) is 0. The normalized spacial score (nSPS) is 11.9. The van der Waals surface area contributed by atoms with Gasteiger partial charge in [-0.15, -0.1) is 11.6 Å². The molecule has 0 fully saturated rings. The Hall–Kier alpha value is 0.760. The zero-order valence-electron chi connectivity index (χ0n) is 9.22. The maximum Gasteiger partial charge on any atom is 1.00 e. The Balaban J connectivity index is 0. The number of hydrogen-bond acceptors (Lipinski definition) is 2. The Kier molecular flexibility index (Phi) is 14.5. The van der Waals surface area contributed by atoms with Crippen LogP contribution in [0.5, 0.6) is 0 Å². The van der Waals surface area contributed by atoms with E-state index >= 15 is 0 Å². The zero-order valence-corrected chi connectivity index (χ0v) is 12.0. The Morgan fingerprint density at radius 1 is 1.29 bits per heavy atom. The second-order valence-corrected chi connectivity index (χ2v) is 3.72. The van der Waals surface area contributed by atoms with E-state index in [0.717, 1.165) is 38.5 Å². The van der Waals surface area contributed by atoms with E-state index in [9.17, 15) is 9.90 Å². The first-order valence-corrected chi connectivity index (χ1v) is 5.52. The summed E-state index contributed by atoms with van der Waals surface area (Å²) in [5, 5.41) is 10.6. The predicted molar refractivity (Wildman–Crippen MR) is 52.6 cm³/mol. The van der Waals surface area contributed by atoms with Crippen LogP contribution in [0.15, 0.2) is 0 Å². The molecular weight excluding hydrogens is 211 g/mol. The molecule has 0 bridgehead atoms. The van der Waals surface area contributed by atoms with E-state index in [2.05, 4.69) is 0 Å². The van der Waals surface area contributed by atoms with Crippen molar-refractivity contribution in [1.29, 1.82) is 0 Å². The molecule has 0 rings (SSSR count). The molecule has 0 saturated carbocycles. The van der Waals surface area contributed by atoms with Crippen LogP contribution in [0.2, 0.25) is 0 Å². The van der Waals surface area contributed by atoms with E-state index in [-0.39, 0.29) is 35.5 Å². The number of aliphatic carboxylic acids is 1. The molecule has 0 aliphatic rings. The van der Waals surface area contributed by atoms with Crippen LogP contribution in [0.3, 0.4) is 0 Å². The van der Waals surface area contributed by atoms with Crippen LogP contribution in [0.25, 0.3) is 0 Å². The van der Waals surface area contributed by atoms with Gasteiger partial charge < -0.3 is 9.90 Å². The predicted octanol–water partition coefficient (Wildman–Crippen LogP) is -1.04. The first kappa shape index (κ1) is 17.2. The third-order valence-electron chi connectivity index (χ3n) is 2.16. The molecule has 0 N–H and O–H groups in total. The second-order valence-electron chi connectivity index (χ2n) is 3.34. The van der Waals surface area contributed by atoms with E-state index in [4.69, 9.17) is 11.6 Å². The summed E-state index contributed by atoms with van der Waals surface area (Å²) in [5.41, 5.74) is 0. The average Bonchev–Trinajstić information content (AvgIpc) is 2.10. The van der Waals surface area contributed by atoms with Gasteiger partial charge in [-0.1, -0.05) is 26.2 Å². The molecule has 1 unspecified atom stereocenters. The Labute approximate surface area is 114 Å². The third kappa shape index (κ3) is 9.32. The van der Waals surface area contributed by atoms with Crippen LogP contribution in [-0.2, 0) is 4.79 Å². The molecule has 0 radical (unpaired) electrons. The topological polar surface area (TPSA) is 40.1 Å². The SMILES string of the molecule is CCCC(CCCCCCl)C(=O)[O-].[Na+]. The van der Waals surface area contributed by atoms with Gasteiger partial charge in [-0.05, 0) is 25.2 Å². The third-order valence-corrected chi connectivity index (χ3v) is 2.42. The minimum Gasteiger partial charge on any atom is -0.550 e. The average molecular weight is 229 g/mol. The monoisotopic (exact) mass is 228 g/mol. The number of halogens is 1. The van der Waals surface area contributed by atoms with Crippen molar-refractivity contribution in [2.45, 2.75) is 45.4 Å². The van der Waals surface area contributed by atoms with Crippen molar-refractivity contribution in [3.8, 4) is 0 Å². The van der Waals surface area contributed by atoms with Gasteiger partial charge in [0.2, 0.25) is 0 Å². The van der Waals surface area contributed by atoms with Gasteiger partial charge in [0.25, 0.3) is 0 Å². The Bertz CT molecular complexity index is 142. The van der Waals surface area contributed by atoms with Crippen molar-refractivity contribution in [3.63, 3.8) is 0 Å². The molecule has 0 saturated heterocycles. The maximum absolute atomic E-state index is 10.6. The molecule has 0 aromatic carbocycles. The number of hydrogen-bond donors (Lipinski definition) is 0. The van der Waals surface area contributed by atoms with Crippen molar-refractivity contribution >= 4 is 17.6 Å². The molecule has 0 aromatic rings. The number of carboxylic acid groups (broad SMARTS) is 1. The van der Waals surface area contributed by atoms with Crippen LogP contribution in [0, 0.1) is 5.92 Å². The Morgan fingerprint density at radius 3 is 2.36 bits per heavy atom. The summed E-state index contributed by atoms with van der Waals surface area (Å²) < 4.78 is 0. The summed E-state index contributed by atoms with van der Waals surface area (Å²) in [6, 6.07) is 0. The number of carbonyl (C=O) groups excluding carboxylic acids is 1. The summed E-state index contributed by atoms with van der Waals surface area (Å²) in [6.07, 6.45) is 5.35. The number of rotatable bonds is 8. The molecule has 14 heavy (non-hydrogen) atoms. The van der Waals surface area contributed by atoms with Crippen LogP contribution >= 0.6 is 11.6 Å². The van der Waals surface area contributed by atoms with Crippen molar-refractivity contribution in [1.82, 2.24) is 0 Å². The molecule has 0 spiro atoms.